The Morgan fingerprint density at radius 1 is 1.57 bits per heavy atom. The number of carbonyl (C=O) groups is 1. The summed E-state index contributed by atoms with van der Waals surface area (Å²) in [6.45, 7) is 0. The van der Waals surface area contributed by atoms with Crippen LogP contribution in [-0.4, -0.2) is 20.1 Å². The fraction of sp³-hybridized carbons (Fsp3) is 0.286. The van der Waals surface area contributed by atoms with Gasteiger partial charge < -0.3 is 5.11 Å². The van der Waals surface area contributed by atoms with Gasteiger partial charge in [0, 0.05) is 30.0 Å². The predicted octanol–water partition coefficient (Wildman–Crippen LogP) is -0.444. The number of aromatic nitrogens is 2. The summed E-state index contributed by atoms with van der Waals surface area (Å²) in [5, 5.41) is 8.38. The Kier molecular flexibility index (Phi) is 3.08. The number of halogens is 1. The molecule has 1 heterocycles. The normalized spacial score (nSPS) is 10.1. The van der Waals surface area contributed by atoms with E-state index in [4.69, 9.17) is 16.9 Å². The molecule has 1 aromatic rings. The van der Waals surface area contributed by atoms with Gasteiger partial charge in [0.15, 0.2) is 0 Å². The minimum atomic E-state index is -1.02. The van der Waals surface area contributed by atoms with Crippen molar-refractivity contribution in [2.75, 3.05) is 0 Å². The number of nitrogens with one attached hydrogen (secondary N) is 1. The molecule has 2 N–H and O–H groups in total. The monoisotopic (exact) mass is 218 g/mol. The molecule has 0 unspecified atom stereocenters. The Morgan fingerprint density at radius 2 is 2.21 bits per heavy atom. The van der Waals surface area contributed by atoms with Gasteiger partial charge in [-0.05, 0) is 6.42 Å². The second-order valence-corrected chi connectivity index (χ2v) is 2.98. The highest BCUT2D eigenvalue weighted by Gasteiger charge is 2.05. The number of carboxylic acids is 1. The molecule has 7 heteroatoms. The molecule has 0 amide bonds. The van der Waals surface area contributed by atoms with Gasteiger partial charge in [-0.1, -0.05) is 0 Å². The minimum Gasteiger partial charge on any atom is -0.481 e. The molecule has 0 bridgehead atoms. The lowest BCUT2D eigenvalue weighted by Gasteiger charge is -1.98. The maximum absolute atomic E-state index is 11.1. The SMILES string of the molecule is O=C(O)CCc1cn(Cl)c(=O)[nH]c1=O. The van der Waals surface area contributed by atoms with Crippen LogP contribution in [0.25, 0.3) is 0 Å². The van der Waals surface area contributed by atoms with Crippen LogP contribution in [0.4, 0.5) is 0 Å². The molecule has 0 aliphatic rings. The molecule has 1 aromatic heterocycles. The summed E-state index contributed by atoms with van der Waals surface area (Å²) >= 11 is 5.39. The summed E-state index contributed by atoms with van der Waals surface area (Å²) in [6.07, 6.45) is 0.974. The van der Waals surface area contributed by atoms with E-state index in [9.17, 15) is 14.4 Å². The Hall–Kier alpha value is -1.56. The van der Waals surface area contributed by atoms with Crippen molar-refractivity contribution in [3.8, 4) is 0 Å². The fourth-order valence-electron chi connectivity index (χ4n) is 0.905. The van der Waals surface area contributed by atoms with Gasteiger partial charge in [0.05, 0.1) is 0 Å². The van der Waals surface area contributed by atoms with Crippen molar-refractivity contribution in [2.45, 2.75) is 12.8 Å². The average Bonchev–Trinajstić information content (AvgIpc) is 2.09. The van der Waals surface area contributed by atoms with Crippen molar-refractivity contribution in [3.05, 3.63) is 32.6 Å². The van der Waals surface area contributed by atoms with Crippen LogP contribution in [-0.2, 0) is 11.2 Å². The second kappa shape index (κ2) is 4.10. The third-order valence-corrected chi connectivity index (χ3v) is 1.83. The largest absolute Gasteiger partial charge is 0.481 e. The van der Waals surface area contributed by atoms with Crippen LogP contribution in [0, 0.1) is 0 Å². The molecule has 0 atom stereocenters. The second-order valence-electron chi connectivity index (χ2n) is 2.62. The third kappa shape index (κ3) is 2.46. The van der Waals surface area contributed by atoms with Crippen molar-refractivity contribution in [2.24, 2.45) is 0 Å². The number of aliphatic carboxylic acids is 1. The maximum atomic E-state index is 11.1. The van der Waals surface area contributed by atoms with Crippen LogP contribution < -0.4 is 11.2 Å². The number of aromatic amines is 1. The molecular formula is C7H7ClN2O4. The van der Waals surface area contributed by atoms with Crippen molar-refractivity contribution < 1.29 is 9.90 Å². The van der Waals surface area contributed by atoms with E-state index < -0.39 is 17.2 Å². The summed E-state index contributed by atoms with van der Waals surface area (Å²) in [5.41, 5.74) is -1.18. The maximum Gasteiger partial charge on any atom is 0.343 e. The van der Waals surface area contributed by atoms with Crippen molar-refractivity contribution in [1.82, 2.24) is 9.07 Å². The zero-order valence-corrected chi connectivity index (χ0v) is 7.74. The first kappa shape index (κ1) is 10.5. The van der Waals surface area contributed by atoms with Crippen LogP contribution >= 0.6 is 11.8 Å². The van der Waals surface area contributed by atoms with Gasteiger partial charge in [0.2, 0.25) is 0 Å². The zero-order valence-electron chi connectivity index (χ0n) is 6.99. The van der Waals surface area contributed by atoms with Gasteiger partial charge in [0.25, 0.3) is 5.56 Å². The average molecular weight is 219 g/mol. The van der Waals surface area contributed by atoms with Gasteiger partial charge in [-0.15, -0.1) is 0 Å². The molecule has 0 saturated heterocycles. The summed E-state index contributed by atoms with van der Waals surface area (Å²) in [5.74, 6) is -1.02. The third-order valence-electron chi connectivity index (χ3n) is 1.58. The van der Waals surface area contributed by atoms with E-state index in [-0.39, 0.29) is 18.4 Å². The number of H-pyrrole nitrogens is 1. The van der Waals surface area contributed by atoms with Gasteiger partial charge in [0.1, 0.15) is 0 Å². The van der Waals surface area contributed by atoms with Gasteiger partial charge in [-0.25, -0.2) is 8.88 Å². The molecular weight excluding hydrogens is 212 g/mol. The molecule has 1 rings (SSSR count). The van der Waals surface area contributed by atoms with E-state index in [0.717, 1.165) is 6.20 Å². The Bertz CT molecular complexity index is 461. The van der Waals surface area contributed by atoms with E-state index in [2.05, 4.69) is 0 Å². The van der Waals surface area contributed by atoms with Crippen molar-refractivity contribution >= 4 is 17.7 Å². The summed E-state index contributed by atoms with van der Waals surface area (Å²) < 4.78 is 0.679. The van der Waals surface area contributed by atoms with Crippen molar-refractivity contribution in [3.63, 3.8) is 0 Å². The predicted molar refractivity (Wildman–Crippen MR) is 48.5 cm³/mol. The minimum absolute atomic E-state index is 0.0394. The number of nitrogens with zero attached hydrogens (tertiary/aromatic N) is 1. The lowest BCUT2D eigenvalue weighted by Crippen LogP contribution is -2.28. The van der Waals surface area contributed by atoms with Gasteiger partial charge >= 0.3 is 11.7 Å². The number of aryl methyl sites for hydroxylation is 1. The highest BCUT2D eigenvalue weighted by atomic mass is 35.5. The number of hydrogen-bond donors (Lipinski definition) is 2. The molecule has 0 aromatic carbocycles. The van der Waals surface area contributed by atoms with Crippen LogP contribution in [0.15, 0.2) is 15.8 Å². The molecule has 0 aliphatic heterocycles. The molecule has 0 saturated carbocycles. The van der Waals surface area contributed by atoms with E-state index in [1.54, 1.807) is 0 Å². The Labute approximate surface area is 82.9 Å². The van der Waals surface area contributed by atoms with E-state index in [0.29, 0.717) is 4.09 Å². The molecule has 14 heavy (non-hydrogen) atoms. The quantitative estimate of drug-likeness (QED) is 0.719. The van der Waals surface area contributed by atoms with Crippen LogP contribution in [0.2, 0.25) is 0 Å². The van der Waals surface area contributed by atoms with Crippen molar-refractivity contribution in [1.29, 1.82) is 0 Å². The molecule has 0 spiro atoms. The van der Waals surface area contributed by atoms with Gasteiger partial charge in [-0.3, -0.25) is 14.6 Å². The Morgan fingerprint density at radius 3 is 2.79 bits per heavy atom. The lowest BCUT2D eigenvalue weighted by atomic mass is 10.2. The lowest BCUT2D eigenvalue weighted by molar-refractivity contribution is -0.136. The smallest absolute Gasteiger partial charge is 0.343 e. The Balaban J connectivity index is 2.99. The van der Waals surface area contributed by atoms with E-state index in [1.807, 2.05) is 4.98 Å². The zero-order chi connectivity index (χ0) is 10.7. The van der Waals surface area contributed by atoms with Gasteiger partial charge in [-0.2, -0.15) is 0 Å². The number of rotatable bonds is 3. The summed E-state index contributed by atoms with van der Waals surface area (Å²) in [6, 6.07) is 0. The molecule has 0 fully saturated rings. The molecule has 76 valence electrons. The summed E-state index contributed by atoms with van der Waals surface area (Å²) in [7, 11) is 0. The van der Waals surface area contributed by atoms with E-state index in [1.165, 1.54) is 0 Å². The molecule has 0 aliphatic carbocycles. The van der Waals surface area contributed by atoms with E-state index >= 15 is 0 Å². The number of hydrogen-bond acceptors (Lipinski definition) is 3. The van der Waals surface area contributed by atoms with Crippen LogP contribution in [0.5, 0.6) is 0 Å². The first-order valence-electron chi connectivity index (χ1n) is 3.73. The topological polar surface area (TPSA) is 92.2 Å². The highest BCUT2D eigenvalue weighted by Crippen LogP contribution is 1.95. The molecule has 6 nitrogen and oxygen atoms in total. The number of carboxylic acid groups (broad SMARTS) is 1. The standard InChI is InChI=1S/C7H7ClN2O4/c8-10-3-4(1-2-5(11)12)6(13)9-7(10)14/h3H,1-2H2,(H,11,12)(H,9,13,14). The van der Waals surface area contributed by atoms with Crippen LogP contribution in [0.1, 0.15) is 12.0 Å². The fourth-order valence-corrected chi connectivity index (χ4v) is 1.06. The highest BCUT2D eigenvalue weighted by molar-refractivity contribution is 6.15. The van der Waals surface area contributed by atoms with Crippen LogP contribution in [0.3, 0.4) is 0 Å². The first-order valence-corrected chi connectivity index (χ1v) is 4.07. The molecule has 0 radical (unpaired) electrons. The first-order chi connectivity index (χ1) is 6.50. The summed E-state index contributed by atoms with van der Waals surface area (Å²) in [4.78, 5) is 34.1.